The molecule has 0 fully saturated rings. The van der Waals surface area contributed by atoms with Gasteiger partial charge in [0.15, 0.2) is 0 Å². The maximum atomic E-state index is 8.87. The molecule has 0 saturated carbocycles. The van der Waals surface area contributed by atoms with Crippen molar-refractivity contribution in [2.75, 3.05) is 5.32 Å². The Bertz CT molecular complexity index is 538. The van der Waals surface area contributed by atoms with E-state index < -0.39 is 0 Å². The van der Waals surface area contributed by atoms with Gasteiger partial charge in [-0.3, -0.25) is 0 Å². The van der Waals surface area contributed by atoms with Gasteiger partial charge < -0.3 is 5.32 Å². The van der Waals surface area contributed by atoms with E-state index in [0.29, 0.717) is 0 Å². The minimum absolute atomic E-state index is 0.286. The predicted molar refractivity (Wildman–Crippen MR) is 72.3 cm³/mol. The third-order valence-electron chi connectivity index (χ3n) is 2.77. The molecule has 1 aromatic heterocycles. The lowest BCUT2D eigenvalue weighted by Gasteiger charge is -2.14. The minimum Gasteiger partial charge on any atom is -0.378 e. The summed E-state index contributed by atoms with van der Waals surface area (Å²) in [4.78, 5) is 0. The van der Waals surface area contributed by atoms with Gasteiger partial charge in [-0.2, -0.15) is 16.6 Å². The van der Waals surface area contributed by atoms with E-state index in [1.165, 1.54) is 5.56 Å². The van der Waals surface area contributed by atoms with Gasteiger partial charge in [0.1, 0.15) is 0 Å². The lowest BCUT2D eigenvalue weighted by molar-refractivity contribution is 0.890. The number of rotatable bonds is 3. The molecule has 1 heterocycles. The molecule has 0 aliphatic rings. The van der Waals surface area contributed by atoms with Crippen molar-refractivity contribution >= 4 is 17.0 Å². The van der Waals surface area contributed by atoms with Crippen LogP contribution in [0.1, 0.15) is 29.7 Å². The van der Waals surface area contributed by atoms with Crippen LogP contribution in [0.25, 0.3) is 0 Å². The van der Waals surface area contributed by atoms with Crippen LogP contribution in [0.5, 0.6) is 0 Å². The molecule has 86 valence electrons. The molecule has 2 aromatic rings. The van der Waals surface area contributed by atoms with Crippen molar-refractivity contribution in [1.29, 1.82) is 5.26 Å². The van der Waals surface area contributed by atoms with Crippen LogP contribution in [0, 0.1) is 18.3 Å². The number of anilines is 1. The average Bonchev–Trinajstić information content (AvgIpc) is 2.82. The summed E-state index contributed by atoms with van der Waals surface area (Å²) in [6, 6.07) is 10.4. The third-order valence-corrected chi connectivity index (χ3v) is 3.47. The number of thiophene rings is 1. The number of aryl methyl sites for hydroxylation is 1. The smallest absolute Gasteiger partial charge is 0.0994 e. The predicted octanol–water partition coefficient (Wildman–Crippen LogP) is 4.10. The highest BCUT2D eigenvalue weighted by atomic mass is 32.1. The highest BCUT2D eigenvalue weighted by molar-refractivity contribution is 7.07. The lowest BCUT2D eigenvalue weighted by atomic mass is 10.1. The van der Waals surface area contributed by atoms with Gasteiger partial charge in [-0.05, 0) is 60.0 Å². The molecule has 2 nitrogen and oxygen atoms in total. The minimum atomic E-state index is 0.286. The quantitative estimate of drug-likeness (QED) is 0.879. The van der Waals surface area contributed by atoms with E-state index in [9.17, 15) is 0 Å². The Hall–Kier alpha value is -1.79. The van der Waals surface area contributed by atoms with Crippen molar-refractivity contribution in [2.24, 2.45) is 0 Å². The van der Waals surface area contributed by atoms with Crippen molar-refractivity contribution < 1.29 is 0 Å². The Morgan fingerprint density at radius 1 is 1.35 bits per heavy atom. The zero-order valence-electron chi connectivity index (χ0n) is 9.90. The van der Waals surface area contributed by atoms with Gasteiger partial charge in [0.2, 0.25) is 0 Å². The van der Waals surface area contributed by atoms with Gasteiger partial charge in [0.25, 0.3) is 0 Å². The SMILES string of the molecule is Cc1cc(NC(C)c2ccsc2)ccc1C#N. The van der Waals surface area contributed by atoms with E-state index in [-0.39, 0.29) is 6.04 Å². The van der Waals surface area contributed by atoms with Gasteiger partial charge in [0, 0.05) is 11.7 Å². The van der Waals surface area contributed by atoms with Gasteiger partial charge in [-0.25, -0.2) is 0 Å². The van der Waals surface area contributed by atoms with Gasteiger partial charge >= 0.3 is 0 Å². The van der Waals surface area contributed by atoms with Gasteiger partial charge in [0.05, 0.1) is 11.6 Å². The van der Waals surface area contributed by atoms with Crippen LogP contribution < -0.4 is 5.32 Å². The fourth-order valence-corrected chi connectivity index (χ4v) is 2.49. The van der Waals surface area contributed by atoms with Crippen LogP contribution in [0.2, 0.25) is 0 Å². The average molecular weight is 242 g/mol. The zero-order valence-corrected chi connectivity index (χ0v) is 10.7. The number of nitriles is 1. The zero-order chi connectivity index (χ0) is 12.3. The molecule has 1 unspecified atom stereocenters. The molecule has 0 saturated heterocycles. The van der Waals surface area contributed by atoms with Crippen LogP contribution in [0.4, 0.5) is 5.69 Å². The molecule has 0 radical (unpaired) electrons. The number of benzene rings is 1. The summed E-state index contributed by atoms with van der Waals surface area (Å²) in [6.45, 7) is 4.09. The van der Waals surface area contributed by atoms with Crippen LogP contribution in [0.3, 0.4) is 0 Å². The monoisotopic (exact) mass is 242 g/mol. The highest BCUT2D eigenvalue weighted by Crippen LogP contribution is 2.22. The fraction of sp³-hybridized carbons (Fsp3) is 0.214. The van der Waals surface area contributed by atoms with Crippen LogP contribution >= 0.6 is 11.3 Å². The van der Waals surface area contributed by atoms with Gasteiger partial charge in [-0.15, -0.1) is 0 Å². The molecule has 0 bridgehead atoms. The normalized spacial score (nSPS) is 11.8. The van der Waals surface area contributed by atoms with Gasteiger partial charge in [-0.1, -0.05) is 0 Å². The number of hydrogen-bond donors (Lipinski definition) is 1. The maximum absolute atomic E-state index is 8.87. The van der Waals surface area contributed by atoms with Crippen molar-refractivity contribution in [3.63, 3.8) is 0 Å². The van der Waals surface area contributed by atoms with E-state index in [0.717, 1.165) is 16.8 Å². The second-order valence-electron chi connectivity index (χ2n) is 4.06. The first-order chi connectivity index (χ1) is 8.20. The van der Waals surface area contributed by atoms with Crippen molar-refractivity contribution in [3.05, 3.63) is 51.7 Å². The van der Waals surface area contributed by atoms with E-state index in [2.05, 4.69) is 35.1 Å². The molecule has 1 atom stereocenters. The molecule has 0 spiro atoms. The summed E-state index contributed by atoms with van der Waals surface area (Å²) >= 11 is 1.70. The fourth-order valence-electron chi connectivity index (χ4n) is 1.73. The molecule has 1 aromatic carbocycles. The van der Waals surface area contributed by atoms with E-state index in [1.807, 2.05) is 25.1 Å². The van der Waals surface area contributed by atoms with Crippen molar-refractivity contribution in [2.45, 2.75) is 19.9 Å². The number of nitrogens with one attached hydrogen (secondary N) is 1. The first-order valence-corrected chi connectivity index (χ1v) is 6.44. The van der Waals surface area contributed by atoms with E-state index in [1.54, 1.807) is 11.3 Å². The maximum Gasteiger partial charge on any atom is 0.0994 e. The molecule has 0 aliphatic heterocycles. The second-order valence-corrected chi connectivity index (χ2v) is 4.84. The standard InChI is InChI=1S/C14H14N2S/c1-10-7-14(4-3-12(10)8-15)16-11(2)13-5-6-17-9-13/h3-7,9,11,16H,1-2H3. The summed E-state index contributed by atoms with van der Waals surface area (Å²) in [5.41, 5.74) is 4.09. The summed E-state index contributed by atoms with van der Waals surface area (Å²) in [6.07, 6.45) is 0. The molecule has 17 heavy (non-hydrogen) atoms. The number of hydrogen-bond acceptors (Lipinski definition) is 3. The summed E-state index contributed by atoms with van der Waals surface area (Å²) in [7, 11) is 0. The van der Waals surface area contributed by atoms with E-state index >= 15 is 0 Å². The molecular weight excluding hydrogens is 228 g/mol. The van der Waals surface area contributed by atoms with Crippen LogP contribution in [-0.2, 0) is 0 Å². The first-order valence-electron chi connectivity index (χ1n) is 5.50. The Morgan fingerprint density at radius 2 is 2.18 bits per heavy atom. The number of nitrogens with zero attached hydrogens (tertiary/aromatic N) is 1. The van der Waals surface area contributed by atoms with E-state index in [4.69, 9.17) is 5.26 Å². The largest absolute Gasteiger partial charge is 0.378 e. The topological polar surface area (TPSA) is 35.8 Å². The highest BCUT2D eigenvalue weighted by Gasteiger charge is 2.06. The first kappa shape index (κ1) is 11.7. The third kappa shape index (κ3) is 2.66. The summed E-state index contributed by atoms with van der Waals surface area (Å²) < 4.78 is 0. The molecule has 0 aliphatic carbocycles. The molecule has 3 heteroatoms. The Morgan fingerprint density at radius 3 is 2.76 bits per heavy atom. The van der Waals surface area contributed by atoms with Crippen molar-refractivity contribution in [1.82, 2.24) is 0 Å². The van der Waals surface area contributed by atoms with Crippen LogP contribution in [-0.4, -0.2) is 0 Å². The second kappa shape index (κ2) is 5.03. The van der Waals surface area contributed by atoms with Crippen molar-refractivity contribution in [3.8, 4) is 6.07 Å². The molecule has 2 rings (SSSR count). The molecule has 1 N–H and O–H groups in total. The van der Waals surface area contributed by atoms with Crippen LogP contribution in [0.15, 0.2) is 35.0 Å². The summed E-state index contributed by atoms with van der Waals surface area (Å²) in [5, 5.41) is 16.5. The Kier molecular flexibility index (Phi) is 3.46. The Labute approximate surface area is 106 Å². The summed E-state index contributed by atoms with van der Waals surface area (Å²) in [5.74, 6) is 0. The molecule has 0 amide bonds. The lowest BCUT2D eigenvalue weighted by Crippen LogP contribution is -2.05. The Balaban J connectivity index is 2.15. The molecular formula is C14H14N2S.